The lowest BCUT2D eigenvalue weighted by molar-refractivity contribution is 0.00499. The molecule has 0 saturated carbocycles. The van der Waals surface area contributed by atoms with E-state index in [0.29, 0.717) is 52.9 Å². The molecule has 0 spiro atoms. The summed E-state index contributed by atoms with van der Waals surface area (Å²) in [6, 6.07) is 27.8. The van der Waals surface area contributed by atoms with Crippen LogP contribution in [-0.2, 0) is 14.2 Å². The highest BCUT2D eigenvalue weighted by atomic mass is 16.6. The van der Waals surface area contributed by atoms with Crippen molar-refractivity contribution >= 4 is 11.3 Å². The average molecular weight is 579 g/mol. The molecule has 0 radical (unpaired) electrons. The van der Waals surface area contributed by atoms with Gasteiger partial charge < -0.3 is 32.5 Å². The van der Waals surface area contributed by atoms with E-state index in [1.165, 1.54) is 0 Å². The van der Waals surface area contributed by atoms with Gasteiger partial charge in [0.2, 0.25) is 0 Å². The third-order valence-electron chi connectivity index (χ3n) is 6.72. The van der Waals surface area contributed by atoms with Gasteiger partial charge in [-0.05, 0) is 48.5 Å². The number of rotatable bonds is 16. The van der Waals surface area contributed by atoms with Crippen molar-refractivity contribution in [3.63, 3.8) is 0 Å². The Bertz CT molecular complexity index is 1550. The number of ether oxygens (including phenoxy) is 5. The summed E-state index contributed by atoms with van der Waals surface area (Å²) in [6.45, 7) is 3.87. The molecule has 6 aromatic rings. The van der Waals surface area contributed by atoms with Gasteiger partial charge in [-0.15, -0.1) is 0 Å². The second kappa shape index (κ2) is 14.5. The molecule has 0 atom stereocenters. The zero-order valence-electron chi connectivity index (χ0n) is 23.9. The first-order chi connectivity index (χ1) is 21.3. The van der Waals surface area contributed by atoms with Crippen LogP contribution in [0.1, 0.15) is 0 Å². The molecule has 0 aliphatic heterocycles. The van der Waals surface area contributed by atoms with E-state index in [1.54, 1.807) is 0 Å². The van der Waals surface area contributed by atoms with Gasteiger partial charge in [-0.3, -0.25) is 0 Å². The van der Waals surface area contributed by atoms with Gasteiger partial charge in [0, 0.05) is 35.9 Å². The van der Waals surface area contributed by atoms with E-state index in [2.05, 4.69) is 9.97 Å². The van der Waals surface area contributed by atoms with Crippen LogP contribution in [-0.4, -0.2) is 71.6 Å². The fourth-order valence-electron chi connectivity index (χ4n) is 4.62. The van der Waals surface area contributed by atoms with Crippen molar-refractivity contribution in [3.05, 3.63) is 110 Å². The van der Waals surface area contributed by atoms with Gasteiger partial charge in [0.1, 0.15) is 36.0 Å². The SMILES string of the molecule is c1cc(OCCOCCOCCOCCOc2cccc(-c3cn4ccccc4n3)c2)cc(-c2cn3ccccc3n2)c1. The molecule has 4 aromatic heterocycles. The predicted octanol–water partition coefficient (Wildman–Crippen LogP) is 5.82. The van der Waals surface area contributed by atoms with Crippen LogP contribution in [0.25, 0.3) is 33.8 Å². The fourth-order valence-corrected chi connectivity index (χ4v) is 4.62. The zero-order chi connectivity index (χ0) is 29.1. The van der Waals surface area contributed by atoms with Gasteiger partial charge >= 0.3 is 0 Å². The number of fused-ring (bicyclic) bond motifs is 2. The molecule has 2 aromatic carbocycles. The Hall–Kier alpha value is -4.70. The molecule has 0 fully saturated rings. The minimum Gasteiger partial charge on any atom is -0.491 e. The molecule has 9 nitrogen and oxygen atoms in total. The summed E-state index contributed by atoms with van der Waals surface area (Å²) >= 11 is 0. The summed E-state index contributed by atoms with van der Waals surface area (Å²) in [6.07, 6.45) is 8.01. The molecule has 6 rings (SSSR count). The molecule has 4 heterocycles. The van der Waals surface area contributed by atoms with Crippen molar-refractivity contribution in [3.8, 4) is 34.0 Å². The van der Waals surface area contributed by atoms with Gasteiger partial charge in [0.05, 0.1) is 51.0 Å². The highest BCUT2D eigenvalue weighted by Crippen LogP contribution is 2.25. The number of hydrogen-bond acceptors (Lipinski definition) is 7. The molecular formula is C34H34N4O5. The molecule has 0 aliphatic carbocycles. The fraction of sp³-hybridized carbons (Fsp3) is 0.235. The van der Waals surface area contributed by atoms with E-state index in [0.717, 1.165) is 45.3 Å². The van der Waals surface area contributed by atoms with Crippen LogP contribution < -0.4 is 9.47 Å². The van der Waals surface area contributed by atoms with Crippen molar-refractivity contribution in [1.82, 2.24) is 18.8 Å². The first-order valence-corrected chi connectivity index (χ1v) is 14.4. The Morgan fingerprint density at radius 3 is 1.35 bits per heavy atom. The quantitative estimate of drug-likeness (QED) is 0.134. The summed E-state index contributed by atoms with van der Waals surface area (Å²) in [7, 11) is 0. The van der Waals surface area contributed by atoms with Gasteiger partial charge in [0.15, 0.2) is 0 Å². The van der Waals surface area contributed by atoms with Crippen LogP contribution in [0.15, 0.2) is 110 Å². The van der Waals surface area contributed by atoms with Crippen LogP contribution in [0.3, 0.4) is 0 Å². The molecule has 9 heteroatoms. The smallest absolute Gasteiger partial charge is 0.137 e. The average Bonchev–Trinajstić information content (AvgIpc) is 3.69. The summed E-state index contributed by atoms with van der Waals surface area (Å²) in [5.74, 6) is 1.57. The number of hydrogen-bond donors (Lipinski definition) is 0. The molecule has 0 unspecified atom stereocenters. The molecule has 0 amide bonds. The highest BCUT2D eigenvalue weighted by Gasteiger charge is 2.07. The second-order valence-corrected chi connectivity index (χ2v) is 9.77. The molecule has 0 bridgehead atoms. The number of aromatic nitrogens is 4. The van der Waals surface area contributed by atoms with Gasteiger partial charge in [-0.1, -0.05) is 36.4 Å². The van der Waals surface area contributed by atoms with E-state index < -0.39 is 0 Å². The van der Waals surface area contributed by atoms with Crippen LogP contribution in [0.5, 0.6) is 11.5 Å². The van der Waals surface area contributed by atoms with Crippen molar-refractivity contribution in [2.45, 2.75) is 0 Å². The molecule has 43 heavy (non-hydrogen) atoms. The first kappa shape index (κ1) is 28.4. The van der Waals surface area contributed by atoms with E-state index in [9.17, 15) is 0 Å². The van der Waals surface area contributed by atoms with Crippen LogP contribution >= 0.6 is 0 Å². The highest BCUT2D eigenvalue weighted by molar-refractivity contribution is 5.65. The number of benzene rings is 2. The van der Waals surface area contributed by atoms with E-state index >= 15 is 0 Å². The van der Waals surface area contributed by atoms with Crippen molar-refractivity contribution < 1.29 is 23.7 Å². The Morgan fingerprint density at radius 2 is 0.907 bits per heavy atom. The van der Waals surface area contributed by atoms with Gasteiger partial charge in [-0.2, -0.15) is 0 Å². The minimum atomic E-state index is 0.458. The molecular weight excluding hydrogens is 544 g/mol. The summed E-state index contributed by atoms with van der Waals surface area (Å²) in [4.78, 5) is 9.34. The number of nitrogens with zero attached hydrogens (tertiary/aromatic N) is 4. The normalized spacial score (nSPS) is 11.3. The van der Waals surface area contributed by atoms with Crippen LogP contribution in [0, 0.1) is 0 Å². The summed E-state index contributed by atoms with van der Waals surface area (Å²) in [5.41, 5.74) is 5.67. The predicted molar refractivity (Wildman–Crippen MR) is 165 cm³/mol. The summed E-state index contributed by atoms with van der Waals surface area (Å²) < 4.78 is 32.6. The Morgan fingerprint density at radius 1 is 0.465 bits per heavy atom. The van der Waals surface area contributed by atoms with Crippen molar-refractivity contribution in [2.75, 3.05) is 52.9 Å². The lowest BCUT2D eigenvalue weighted by Crippen LogP contribution is -2.14. The number of pyridine rings is 2. The first-order valence-electron chi connectivity index (χ1n) is 14.4. The monoisotopic (exact) mass is 578 g/mol. The van der Waals surface area contributed by atoms with Crippen molar-refractivity contribution in [2.24, 2.45) is 0 Å². The standard InChI is InChI=1S/C34H34N4O5/c1-3-13-37-25-31(35-33(37)11-1)27-7-5-9-29(23-27)42-21-19-40-17-15-39-16-18-41-20-22-43-30-10-6-8-28(24-30)32-26-38-14-4-2-12-34(38)36-32/h1-14,23-26H,15-22H2. The van der Waals surface area contributed by atoms with Crippen LogP contribution in [0.2, 0.25) is 0 Å². The maximum atomic E-state index is 5.86. The lowest BCUT2D eigenvalue weighted by Gasteiger charge is -2.09. The second-order valence-electron chi connectivity index (χ2n) is 9.77. The maximum absolute atomic E-state index is 5.86. The van der Waals surface area contributed by atoms with Gasteiger partial charge in [0.25, 0.3) is 0 Å². The van der Waals surface area contributed by atoms with Crippen LogP contribution in [0.4, 0.5) is 0 Å². The summed E-state index contributed by atoms with van der Waals surface area (Å²) in [5, 5.41) is 0. The maximum Gasteiger partial charge on any atom is 0.137 e. The number of imidazole rings is 2. The largest absolute Gasteiger partial charge is 0.491 e. The van der Waals surface area contributed by atoms with Crippen molar-refractivity contribution in [1.29, 1.82) is 0 Å². The molecule has 220 valence electrons. The molecule has 0 saturated heterocycles. The molecule has 0 N–H and O–H groups in total. The van der Waals surface area contributed by atoms with E-state index in [-0.39, 0.29) is 0 Å². The minimum absolute atomic E-state index is 0.458. The third-order valence-corrected chi connectivity index (χ3v) is 6.72. The van der Waals surface area contributed by atoms with E-state index in [1.807, 2.05) is 119 Å². The Labute approximate surface area is 250 Å². The van der Waals surface area contributed by atoms with E-state index in [4.69, 9.17) is 23.7 Å². The zero-order valence-corrected chi connectivity index (χ0v) is 23.9. The lowest BCUT2D eigenvalue weighted by atomic mass is 10.1. The topological polar surface area (TPSA) is 80.8 Å². The Kier molecular flexibility index (Phi) is 9.56. The van der Waals surface area contributed by atoms with Gasteiger partial charge in [-0.25, -0.2) is 9.97 Å². The Balaban J connectivity index is 0.797. The third kappa shape index (κ3) is 7.78. The molecule has 0 aliphatic rings.